The van der Waals surface area contributed by atoms with E-state index in [1.807, 2.05) is 0 Å². The van der Waals surface area contributed by atoms with Crippen LogP contribution < -0.4 is 5.32 Å². The summed E-state index contributed by atoms with van der Waals surface area (Å²) in [6.07, 6.45) is 2.00. The molecule has 1 aliphatic rings. The molecule has 0 saturated carbocycles. The monoisotopic (exact) mass is 242 g/mol. The summed E-state index contributed by atoms with van der Waals surface area (Å²) in [6.45, 7) is 9.76. The quantitative estimate of drug-likeness (QED) is 0.751. The summed E-state index contributed by atoms with van der Waals surface area (Å²) in [4.78, 5) is 13.8. The van der Waals surface area contributed by atoms with Crippen LogP contribution in [0.2, 0.25) is 0 Å². The van der Waals surface area contributed by atoms with Crippen molar-refractivity contribution in [3.63, 3.8) is 0 Å². The van der Waals surface area contributed by atoms with E-state index in [2.05, 4.69) is 31.0 Å². The molecule has 1 rings (SSSR count). The van der Waals surface area contributed by atoms with Crippen LogP contribution in [-0.2, 0) is 4.79 Å². The molecule has 4 heteroatoms. The van der Waals surface area contributed by atoms with Gasteiger partial charge in [-0.1, -0.05) is 20.8 Å². The Kier molecular flexibility index (Phi) is 5.40. The first-order valence-electron chi connectivity index (χ1n) is 6.50. The minimum atomic E-state index is 0.104. The lowest BCUT2D eigenvalue weighted by Crippen LogP contribution is -2.37. The van der Waals surface area contributed by atoms with E-state index in [9.17, 15) is 4.79 Å². The van der Waals surface area contributed by atoms with E-state index >= 15 is 0 Å². The van der Waals surface area contributed by atoms with Crippen molar-refractivity contribution >= 4 is 5.91 Å². The van der Waals surface area contributed by atoms with Crippen LogP contribution in [-0.4, -0.2) is 48.7 Å². The van der Waals surface area contributed by atoms with Gasteiger partial charge in [-0.3, -0.25) is 9.69 Å². The zero-order chi connectivity index (χ0) is 12.9. The van der Waals surface area contributed by atoms with Gasteiger partial charge in [0.05, 0.1) is 6.54 Å². The molecule has 1 aliphatic heterocycles. The highest BCUT2D eigenvalue weighted by Gasteiger charge is 2.23. The van der Waals surface area contributed by atoms with Crippen LogP contribution in [0.4, 0.5) is 0 Å². The molecule has 100 valence electrons. The van der Waals surface area contributed by atoms with Crippen molar-refractivity contribution in [3.8, 4) is 0 Å². The van der Waals surface area contributed by atoms with Gasteiger partial charge in [-0.25, -0.2) is 0 Å². The number of nitrogens with one attached hydrogen (secondary N) is 1. The van der Waals surface area contributed by atoms with Crippen molar-refractivity contribution < 1.29 is 9.90 Å². The third kappa shape index (κ3) is 6.03. The molecule has 0 aromatic carbocycles. The number of likely N-dealkylation sites (tertiary alicyclic amines) is 1. The lowest BCUT2D eigenvalue weighted by molar-refractivity contribution is -0.122. The molecule has 0 spiro atoms. The van der Waals surface area contributed by atoms with E-state index in [1.165, 1.54) is 0 Å². The highest BCUT2D eigenvalue weighted by molar-refractivity contribution is 5.78. The summed E-state index contributed by atoms with van der Waals surface area (Å²) >= 11 is 0. The molecule has 1 unspecified atom stereocenters. The van der Waals surface area contributed by atoms with E-state index < -0.39 is 0 Å². The van der Waals surface area contributed by atoms with Gasteiger partial charge in [-0.05, 0) is 30.7 Å². The van der Waals surface area contributed by atoms with E-state index in [4.69, 9.17) is 5.11 Å². The van der Waals surface area contributed by atoms with Crippen molar-refractivity contribution in [2.45, 2.75) is 33.6 Å². The summed E-state index contributed by atoms with van der Waals surface area (Å²) in [5.74, 6) is 0.463. The summed E-state index contributed by atoms with van der Waals surface area (Å²) in [7, 11) is 0. The number of aliphatic hydroxyl groups excluding tert-OH is 1. The van der Waals surface area contributed by atoms with Crippen LogP contribution in [0, 0.1) is 11.3 Å². The Hall–Kier alpha value is -0.610. The fourth-order valence-electron chi connectivity index (χ4n) is 2.04. The topological polar surface area (TPSA) is 52.6 Å². The summed E-state index contributed by atoms with van der Waals surface area (Å²) in [5, 5.41) is 12.0. The zero-order valence-corrected chi connectivity index (χ0v) is 11.3. The average Bonchev–Trinajstić information content (AvgIpc) is 2.63. The maximum Gasteiger partial charge on any atom is 0.234 e. The molecule has 4 nitrogen and oxygen atoms in total. The van der Waals surface area contributed by atoms with Crippen molar-refractivity contribution in [1.82, 2.24) is 10.2 Å². The third-order valence-corrected chi connectivity index (χ3v) is 3.19. The van der Waals surface area contributed by atoms with Gasteiger partial charge in [-0.2, -0.15) is 0 Å². The first-order valence-corrected chi connectivity index (χ1v) is 6.50. The minimum Gasteiger partial charge on any atom is -0.396 e. The standard InChI is InChI=1S/C13H26N2O2/c1-13(2,3)5-6-14-12(17)9-15-7-4-11(8-15)10-16/h11,16H,4-10H2,1-3H3,(H,14,17). The van der Waals surface area contributed by atoms with Gasteiger partial charge >= 0.3 is 0 Å². The third-order valence-electron chi connectivity index (χ3n) is 3.19. The fraction of sp³-hybridized carbons (Fsp3) is 0.923. The van der Waals surface area contributed by atoms with E-state index in [0.29, 0.717) is 12.5 Å². The van der Waals surface area contributed by atoms with Gasteiger partial charge in [0, 0.05) is 19.7 Å². The van der Waals surface area contributed by atoms with Crippen LogP contribution in [0.1, 0.15) is 33.6 Å². The first-order chi connectivity index (χ1) is 7.90. The second-order valence-corrected chi connectivity index (χ2v) is 6.23. The molecule has 1 fully saturated rings. The predicted octanol–water partition coefficient (Wildman–Crippen LogP) is 0.853. The number of carbonyl (C=O) groups excluding carboxylic acids is 1. The minimum absolute atomic E-state index is 0.104. The van der Waals surface area contributed by atoms with Gasteiger partial charge in [0.1, 0.15) is 0 Å². The second kappa shape index (κ2) is 6.36. The molecule has 0 aliphatic carbocycles. The van der Waals surface area contributed by atoms with Gasteiger partial charge in [-0.15, -0.1) is 0 Å². The molecule has 1 heterocycles. The number of amides is 1. The molecule has 17 heavy (non-hydrogen) atoms. The van der Waals surface area contributed by atoms with Gasteiger partial charge in [0.25, 0.3) is 0 Å². The largest absolute Gasteiger partial charge is 0.396 e. The highest BCUT2D eigenvalue weighted by Crippen LogP contribution is 2.17. The molecule has 2 N–H and O–H groups in total. The Morgan fingerprint density at radius 1 is 1.47 bits per heavy atom. The first kappa shape index (κ1) is 14.5. The number of nitrogens with zero attached hydrogens (tertiary/aromatic N) is 1. The van der Waals surface area contributed by atoms with Crippen LogP contribution >= 0.6 is 0 Å². The summed E-state index contributed by atoms with van der Waals surface area (Å²) in [5.41, 5.74) is 0.267. The molecule has 1 atom stereocenters. The van der Waals surface area contributed by atoms with E-state index in [1.54, 1.807) is 0 Å². The molecule has 0 aromatic rings. The summed E-state index contributed by atoms with van der Waals surface area (Å²) in [6, 6.07) is 0. The normalized spacial score (nSPS) is 21.8. The highest BCUT2D eigenvalue weighted by atomic mass is 16.3. The smallest absolute Gasteiger partial charge is 0.234 e. The average molecular weight is 242 g/mol. The summed E-state index contributed by atoms with van der Waals surface area (Å²) < 4.78 is 0. The Bertz CT molecular complexity index is 248. The van der Waals surface area contributed by atoms with E-state index in [-0.39, 0.29) is 17.9 Å². The Labute approximate surface area is 104 Å². The van der Waals surface area contributed by atoms with Crippen LogP contribution in [0.3, 0.4) is 0 Å². The van der Waals surface area contributed by atoms with Crippen molar-refractivity contribution in [2.24, 2.45) is 11.3 Å². The van der Waals surface area contributed by atoms with Crippen molar-refractivity contribution in [2.75, 3.05) is 32.8 Å². The molecule has 0 bridgehead atoms. The second-order valence-electron chi connectivity index (χ2n) is 6.23. The fourth-order valence-corrected chi connectivity index (χ4v) is 2.04. The molecular weight excluding hydrogens is 216 g/mol. The van der Waals surface area contributed by atoms with Crippen LogP contribution in [0.25, 0.3) is 0 Å². The Balaban J connectivity index is 2.13. The molecular formula is C13H26N2O2. The zero-order valence-electron chi connectivity index (χ0n) is 11.3. The number of carbonyl (C=O) groups is 1. The van der Waals surface area contributed by atoms with Crippen molar-refractivity contribution in [3.05, 3.63) is 0 Å². The number of rotatable bonds is 5. The van der Waals surface area contributed by atoms with Crippen molar-refractivity contribution in [1.29, 1.82) is 0 Å². The molecule has 1 amide bonds. The Morgan fingerprint density at radius 3 is 2.71 bits per heavy atom. The predicted molar refractivity (Wildman–Crippen MR) is 68.7 cm³/mol. The van der Waals surface area contributed by atoms with Gasteiger partial charge in [0.2, 0.25) is 5.91 Å². The maximum atomic E-state index is 11.7. The maximum absolute atomic E-state index is 11.7. The van der Waals surface area contributed by atoms with E-state index in [0.717, 1.165) is 32.5 Å². The lowest BCUT2D eigenvalue weighted by Gasteiger charge is -2.19. The van der Waals surface area contributed by atoms with Crippen LogP contribution in [0.5, 0.6) is 0 Å². The Morgan fingerprint density at radius 2 is 2.18 bits per heavy atom. The van der Waals surface area contributed by atoms with Crippen LogP contribution in [0.15, 0.2) is 0 Å². The molecule has 0 radical (unpaired) electrons. The number of hydrogen-bond acceptors (Lipinski definition) is 3. The molecule has 1 saturated heterocycles. The SMILES string of the molecule is CC(C)(C)CCNC(=O)CN1CCC(CO)C1. The molecule has 0 aromatic heterocycles. The number of hydrogen-bond donors (Lipinski definition) is 2. The number of aliphatic hydroxyl groups is 1. The van der Waals surface area contributed by atoms with Gasteiger partial charge < -0.3 is 10.4 Å². The lowest BCUT2D eigenvalue weighted by atomic mass is 9.92. The van der Waals surface area contributed by atoms with Gasteiger partial charge in [0.15, 0.2) is 0 Å².